The normalized spacial score (nSPS) is 15.8. The fraction of sp³-hybridized carbons (Fsp3) is 0.161. The minimum Gasteiger partial charge on any atom is -0.485 e. The van der Waals surface area contributed by atoms with Crippen LogP contribution in [0.1, 0.15) is 34.6 Å². The maximum Gasteiger partial charge on any atom is 0.323 e. The average Bonchev–Trinajstić information content (AvgIpc) is 3.06. The summed E-state index contributed by atoms with van der Waals surface area (Å²) in [6, 6.07) is 28.5. The van der Waals surface area contributed by atoms with Crippen molar-refractivity contribution in [1.29, 1.82) is 5.26 Å². The second-order valence-electron chi connectivity index (χ2n) is 9.36. The van der Waals surface area contributed by atoms with Crippen LogP contribution in [-0.4, -0.2) is 18.6 Å². The quantitative estimate of drug-likeness (QED) is 0.296. The van der Waals surface area contributed by atoms with Gasteiger partial charge >= 0.3 is 6.03 Å². The molecule has 0 radical (unpaired) electrons. The number of rotatable bonds is 4. The lowest BCUT2D eigenvalue weighted by Gasteiger charge is -2.22. The molecule has 0 fully saturated rings. The van der Waals surface area contributed by atoms with Crippen LogP contribution in [0.3, 0.4) is 0 Å². The van der Waals surface area contributed by atoms with Crippen molar-refractivity contribution in [2.75, 3.05) is 17.2 Å². The molecular weight excluding hydrogens is 484 g/mol. The van der Waals surface area contributed by atoms with Gasteiger partial charge in [-0.1, -0.05) is 66.2 Å². The van der Waals surface area contributed by atoms with Gasteiger partial charge in [-0.05, 0) is 53.9 Å². The van der Waals surface area contributed by atoms with Gasteiger partial charge in [0.25, 0.3) is 5.92 Å². The highest BCUT2D eigenvalue weighted by Gasteiger charge is 2.40. The van der Waals surface area contributed by atoms with Crippen LogP contribution in [0.5, 0.6) is 5.75 Å². The number of alkyl halides is 2. The van der Waals surface area contributed by atoms with E-state index in [1.165, 1.54) is 0 Å². The number of amides is 2. The predicted octanol–water partition coefficient (Wildman–Crippen LogP) is 7.73. The van der Waals surface area contributed by atoms with Gasteiger partial charge in [-0.2, -0.15) is 5.26 Å². The Hall–Kier alpha value is -4.70. The van der Waals surface area contributed by atoms with E-state index in [9.17, 15) is 18.8 Å². The predicted molar refractivity (Wildman–Crippen MR) is 144 cm³/mol. The molecule has 0 aliphatic carbocycles. The molecule has 0 spiro atoms. The third-order valence-electron chi connectivity index (χ3n) is 6.54. The fourth-order valence-corrected chi connectivity index (χ4v) is 4.70. The molecule has 4 aromatic carbocycles. The number of aryl methyl sites for hydroxylation is 1. The lowest BCUT2D eigenvalue weighted by atomic mass is 9.84. The summed E-state index contributed by atoms with van der Waals surface area (Å²) in [5.74, 6) is -3.60. The molecule has 0 aromatic heterocycles. The second-order valence-corrected chi connectivity index (χ2v) is 9.36. The van der Waals surface area contributed by atoms with E-state index < -0.39 is 30.9 Å². The monoisotopic (exact) mass is 509 g/mol. The number of fused-ring (bicyclic) bond motifs is 1. The van der Waals surface area contributed by atoms with Gasteiger partial charge in [0.15, 0.2) is 6.61 Å². The van der Waals surface area contributed by atoms with E-state index in [1.807, 2.05) is 49.4 Å². The van der Waals surface area contributed by atoms with Gasteiger partial charge in [0.05, 0.1) is 17.3 Å². The molecule has 0 unspecified atom stereocenters. The van der Waals surface area contributed by atoms with E-state index >= 15 is 0 Å². The molecular formula is C31H25F2N3O2. The third kappa shape index (κ3) is 5.35. The molecule has 1 atom stereocenters. The Kier molecular flexibility index (Phi) is 6.80. The lowest BCUT2D eigenvalue weighted by molar-refractivity contribution is -0.0448. The Morgan fingerprint density at radius 2 is 1.68 bits per heavy atom. The van der Waals surface area contributed by atoms with Crippen molar-refractivity contribution in [2.24, 2.45) is 0 Å². The molecule has 1 aliphatic rings. The molecule has 7 heteroatoms. The third-order valence-corrected chi connectivity index (χ3v) is 6.54. The van der Waals surface area contributed by atoms with Crippen LogP contribution in [0.15, 0.2) is 91.0 Å². The Morgan fingerprint density at radius 1 is 0.974 bits per heavy atom. The number of benzene rings is 4. The fourth-order valence-electron chi connectivity index (χ4n) is 4.70. The van der Waals surface area contributed by atoms with E-state index in [2.05, 4.69) is 16.7 Å². The summed E-state index contributed by atoms with van der Waals surface area (Å²) in [4.78, 5) is 13.0. The van der Waals surface area contributed by atoms with E-state index in [-0.39, 0.29) is 11.4 Å². The maximum atomic E-state index is 15.0. The Balaban J connectivity index is 1.64. The first-order chi connectivity index (χ1) is 18.3. The van der Waals surface area contributed by atoms with Crippen LogP contribution in [-0.2, 0) is 0 Å². The Labute approximate surface area is 219 Å². The summed E-state index contributed by atoms with van der Waals surface area (Å²) in [6.45, 7) is 1.13. The Bertz CT molecular complexity index is 1510. The summed E-state index contributed by atoms with van der Waals surface area (Å²) in [5.41, 5.74) is 4.77. The van der Waals surface area contributed by atoms with Crippen LogP contribution in [0, 0.1) is 18.3 Å². The summed E-state index contributed by atoms with van der Waals surface area (Å²) in [5, 5.41) is 15.3. The zero-order valence-electron chi connectivity index (χ0n) is 20.7. The number of carbonyl (C=O) groups excluding carboxylic acids is 1. The number of carbonyl (C=O) groups is 1. The van der Waals surface area contributed by atoms with Gasteiger partial charge in [0, 0.05) is 23.6 Å². The topological polar surface area (TPSA) is 74.2 Å². The number of ether oxygens (including phenoxy) is 1. The molecule has 0 bridgehead atoms. The van der Waals surface area contributed by atoms with Crippen molar-refractivity contribution in [2.45, 2.75) is 25.2 Å². The van der Waals surface area contributed by atoms with Gasteiger partial charge in [-0.25, -0.2) is 13.6 Å². The molecule has 1 heterocycles. The summed E-state index contributed by atoms with van der Waals surface area (Å²) in [7, 11) is 0. The van der Waals surface area contributed by atoms with Crippen molar-refractivity contribution in [1.82, 2.24) is 0 Å². The molecule has 2 amide bonds. The van der Waals surface area contributed by atoms with Crippen molar-refractivity contribution >= 4 is 17.4 Å². The first kappa shape index (κ1) is 25.0. The van der Waals surface area contributed by atoms with Crippen LogP contribution in [0.25, 0.3) is 11.1 Å². The molecule has 4 aromatic rings. The standard InChI is InChI=1S/C31H25F2N3O2/c1-20-11-13-24(14-12-20)35-30(37)36-28-16-23(25-10-6-5-9-22(25)18-34)15-26-27(21-7-3-2-4-8-21)17-31(32,33)19-38-29(26)28/h2-16,27H,17,19H2,1H3,(H2,35,36,37)/t27-/m1/s1. The van der Waals surface area contributed by atoms with Crippen molar-refractivity contribution < 1.29 is 18.3 Å². The van der Waals surface area contributed by atoms with Crippen molar-refractivity contribution in [3.63, 3.8) is 0 Å². The largest absolute Gasteiger partial charge is 0.485 e. The number of anilines is 2. The number of hydrogen-bond donors (Lipinski definition) is 2. The van der Waals surface area contributed by atoms with Crippen LogP contribution in [0.2, 0.25) is 0 Å². The minimum atomic E-state index is -3.09. The molecule has 190 valence electrons. The van der Waals surface area contributed by atoms with Gasteiger partial charge in [0.1, 0.15) is 5.75 Å². The van der Waals surface area contributed by atoms with Crippen LogP contribution in [0.4, 0.5) is 25.0 Å². The molecule has 2 N–H and O–H groups in total. The maximum absolute atomic E-state index is 15.0. The van der Waals surface area contributed by atoms with Gasteiger partial charge in [-0.15, -0.1) is 0 Å². The van der Waals surface area contributed by atoms with Crippen LogP contribution < -0.4 is 15.4 Å². The summed E-state index contributed by atoms with van der Waals surface area (Å²) >= 11 is 0. The van der Waals surface area contributed by atoms with Crippen molar-refractivity contribution in [3.8, 4) is 22.9 Å². The second kappa shape index (κ2) is 10.3. The highest BCUT2D eigenvalue weighted by atomic mass is 19.3. The van der Waals surface area contributed by atoms with Gasteiger partial charge in [-0.3, -0.25) is 0 Å². The smallest absolute Gasteiger partial charge is 0.323 e. The van der Waals surface area contributed by atoms with E-state index in [0.29, 0.717) is 33.5 Å². The average molecular weight is 510 g/mol. The molecule has 5 nitrogen and oxygen atoms in total. The number of hydrogen-bond acceptors (Lipinski definition) is 3. The highest BCUT2D eigenvalue weighted by Crippen LogP contribution is 2.47. The number of nitriles is 1. The molecule has 0 saturated heterocycles. The van der Waals surface area contributed by atoms with E-state index in [4.69, 9.17) is 4.74 Å². The Morgan fingerprint density at radius 3 is 2.42 bits per heavy atom. The highest BCUT2D eigenvalue weighted by molar-refractivity contribution is 6.01. The van der Waals surface area contributed by atoms with E-state index in [0.717, 1.165) is 5.56 Å². The van der Waals surface area contributed by atoms with Gasteiger partial charge < -0.3 is 15.4 Å². The van der Waals surface area contributed by atoms with Crippen molar-refractivity contribution in [3.05, 3.63) is 113 Å². The zero-order valence-corrected chi connectivity index (χ0v) is 20.7. The number of urea groups is 1. The molecule has 1 aliphatic heterocycles. The van der Waals surface area contributed by atoms with Crippen LogP contribution >= 0.6 is 0 Å². The summed E-state index contributed by atoms with van der Waals surface area (Å²) < 4.78 is 35.6. The molecule has 0 saturated carbocycles. The van der Waals surface area contributed by atoms with Gasteiger partial charge in [0.2, 0.25) is 0 Å². The first-order valence-corrected chi connectivity index (χ1v) is 12.2. The number of nitrogens with one attached hydrogen (secondary N) is 2. The molecule has 38 heavy (non-hydrogen) atoms. The summed E-state index contributed by atoms with van der Waals surface area (Å²) in [6.07, 6.45) is -0.456. The molecule has 5 rings (SSSR count). The number of halogens is 2. The zero-order chi connectivity index (χ0) is 26.7. The van der Waals surface area contributed by atoms with E-state index in [1.54, 1.807) is 48.5 Å². The first-order valence-electron chi connectivity index (χ1n) is 12.2. The minimum absolute atomic E-state index is 0.188. The number of nitrogens with zero attached hydrogens (tertiary/aromatic N) is 1. The SMILES string of the molecule is Cc1ccc(NC(=O)Nc2cc(-c3ccccc3C#N)cc3c2OCC(F)(F)C[C@@H]3c2ccccc2)cc1. The lowest BCUT2D eigenvalue weighted by Crippen LogP contribution is -2.26.